The standard InChI is InChI=1S/C30H36ClN3O5S/c1-6-26(29(36)32-30(2,3)4)33(20-22-13-9-7-10-14-22)28(35)21-34(23-17-18-27(39-5)25(31)19-23)40(37,38)24-15-11-8-12-16-24/h7-19,26H,6,20-21H2,1-5H3,(H,32,36). The van der Waals surface area contributed by atoms with Crippen molar-refractivity contribution in [2.24, 2.45) is 0 Å². The van der Waals surface area contributed by atoms with Crippen molar-refractivity contribution in [1.82, 2.24) is 10.2 Å². The molecule has 214 valence electrons. The zero-order valence-electron chi connectivity index (χ0n) is 23.4. The second kappa shape index (κ2) is 13.2. The Labute approximate surface area is 241 Å². The quantitative estimate of drug-likeness (QED) is 0.331. The lowest BCUT2D eigenvalue weighted by Crippen LogP contribution is -2.55. The van der Waals surface area contributed by atoms with Crippen LogP contribution in [0.25, 0.3) is 0 Å². The zero-order valence-corrected chi connectivity index (χ0v) is 25.0. The number of ether oxygens (including phenoxy) is 1. The van der Waals surface area contributed by atoms with Crippen molar-refractivity contribution < 1.29 is 22.7 Å². The van der Waals surface area contributed by atoms with E-state index >= 15 is 0 Å². The first-order chi connectivity index (χ1) is 18.9. The third-order valence-electron chi connectivity index (χ3n) is 6.11. The molecular weight excluding hydrogens is 550 g/mol. The minimum atomic E-state index is -4.19. The average molecular weight is 586 g/mol. The topological polar surface area (TPSA) is 96.0 Å². The Balaban J connectivity index is 2.08. The van der Waals surface area contributed by atoms with Crippen molar-refractivity contribution in [1.29, 1.82) is 0 Å². The van der Waals surface area contributed by atoms with E-state index in [1.807, 2.05) is 58.0 Å². The number of benzene rings is 3. The summed E-state index contributed by atoms with van der Waals surface area (Å²) in [6.07, 6.45) is 0.334. The molecule has 40 heavy (non-hydrogen) atoms. The molecule has 1 unspecified atom stereocenters. The lowest BCUT2D eigenvalue weighted by atomic mass is 10.1. The molecule has 0 bridgehead atoms. The van der Waals surface area contributed by atoms with Crippen molar-refractivity contribution in [2.45, 2.75) is 57.1 Å². The van der Waals surface area contributed by atoms with Crippen molar-refractivity contribution in [2.75, 3.05) is 18.0 Å². The van der Waals surface area contributed by atoms with Gasteiger partial charge in [-0.15, -0.1) is 0 Å². The number of rotatable bonds is 11. The van der Waals surface area contributed by atoms with Gasteiger partial charge in [-0.05, 0) is 63.1 Å². The molecule has 0 aliphatic heterocycles. The highest BCUT2D eigenvalue weighted by Gasteiger charge is 2.34. The van der Waals surface area contributed by atoms with Gasteiger partial charge in [0.05, 0.1) is 22.7 Å². The number of halogens is 1. The first-order valence-electron chi connectivity index (χ1n) is 12.9. The minimum Gasteiger partial charge on any atom is -0.495 e. The van der Waals surface area contributed by atoms with E-state index in [2.05, 4.69) is 5.32 Å². The highest BCUT2D eigenvalue weighted by atomic mass is 35.5. The third kappa shape index (κ3) is 7.76. The van der Waals surface area contributed by atoms with Crippen LogP contribution in [-0.4, -0.2) is 50.4 Å². The van der Waals surface area contributed by atoms with Crippen LogP contribution in [0.1, 0.15) is 39.7 Å². The molecule has 3 aromatic carbocycles. The van der Waals surface area contributed by atoms with Crippen molar-refractivity contribution >= 4 is 39.1 Å². The van der Waals surface area contributed by atoms with Crippen LogP contribution in [0.5, 0.6) is 5.75 Å². The second-order valence-corrected chi connectivity index (χ2v) is 12.6. The first-order valence-corrected chi connectivity index (χ1v) is 14.8. The van der Waals surface area contributed by atoms with E-state index in [9.17, 15) is 18.0 Å². The van der Waals surface area contributed by atoms with Gasteiger partial charge in [0.25, 0.3) is 10.0 Å². The summed E-state index contributed by atoms with van der Waals surface area (Å²) in [5.74, 6) is -0.486. The Bertz CT molecular complexity index is 1410. The lowest BCUT2D eigenvalue weighted by molar-refractivity contribution is -0.141. The number of sulfonamides is 1. The van der Waals surface area contributed by atoms with E-state index in [4.69, 9.17) is 16.3 Å². The number of amides is 2. The predicted molar refractivity (Wildman–Crippen MR) is 158 cm³/mol. The van der Waals surface area contributed by atoms with E-state index in [0.29, 0.717) is 12.2 Å². The van der Waals surface area contributed by atoms with Gasteiger partial charge in [0, 0.05) is 12.1 Å². The van der Waals surface area contributed by atoms with E-state index < -0.39 is 34.1 Å². The van der Waals surface area contributed by atoms with Crippen LogP contribution in [0.15, 0.2) is 83.8 Å². The lowest BCUT2D eigenvalue weighted by Gasteiger charge is -2.34. The van der Waals surface area contributed by atoms with Crippen molar-refractivity contribution in [3.63, 3.8) is 0 Å². The van der Waals surface area contributed by atoms with Crippen LogP contribution in [0.3, 0.4) is 0 Å². The third-order valence-corrected chi connectivity index (χ3v) is 8.20. The van der Waals surface area contributed by atoms with E-state index in [-0.39, 0.29) is 28.1 Å². The molecule has 2 amide bonds. The SMILES string of the molecule is CCC(C(=O)NC(C)(C)C)N(Cc1ccccc1)C(=O)CN(c1ccc(OC)c(Cl)c1)S(=O)(=O)c1ccccc1. The Morgan fingerprint density at radius 2 is 1.57 bits per heavy atom. The molecule has 3 aromatic rings. The maximum Gasteiger partial charge on any atom is 0.264 e. The fourth-order valence-electron chi connectivity index (χ4n) is 4.21. The summed E-state index contributed by atoms with van der Waals surface area (Å²) in [6.45, 7) is 6.98. The maximum atomic E-state index is 14.1. The maximum absolute atomic E-state index is 14.1. The van der Waals surface area contributed by atoms with Gasteiger partial charge in [0.2, 0.25) is 11.8 Å². The molecule has 0 spiro atoms. The number of hydrogen-bond acceptors (Lipinski definition) is 5. The van der Waals surface area contributed by atoms with Gasteiger partial charge < -0.3 is 15.0 Å². The summed E-state index contributed by atoms with van der Waals surface area (Å²) >= 11 is 6.36. The Morgan fingerprint density at radius 3 is 2.10 bits per heavy atom. The number of methoxy groups -OCH3 is 1. The Hall–Kier alpha value is -3.56. The number of hydrogen-bond donors (Lipinski definition) is 1. The molecule has 1 N–H and O–H groups in total. The summed E-state index contributed by atoms with van der Waals surface area (Å²) < 4.78 is 34.0. The van der Waals surface area contributed by atoms with Gasteiger partial charge >= 0.3 is 0 Å². The molecular formula is C30H36ClN3O5S. The molecule has 1 atom stereocenters. The van der Waals surface area contributed by atoms with Gasteiger partial charge in [0.15, 0.2) is 0 Å². The molecule has 0 saturated heterocycles. The molecule has 10 heteroatoms. The van der Waals surface area contributed by atoms with Crippen molar-refractivity contribution in [3.05, 3.63) is 89.4 Å². The van der Waals surface area contributed by atoms with E-state index in [1.165, 1.54) is 36.3 Å². The molecule has 0 radical (unpaired) electrons. The summed E-state index contributed by atoms with van der Waals surface area (Å²) in [7, 11) is -2.73. The summed E-state index contributed by atoms with van der Waals surface area (Å²) in [5.41, 5.74) is 0.478. The second-order valence-electron chi connectivity index (χ2n) is 10.3. The summed E-state index contributed by atoms with van der Waals surface area (Å²) in [5, 5.41) is 3.15. The van der Waals surface area contributed by atoms with Crippen LogP contribution in [0.4, 0.5) is 5.69 Å². The number of carbonyl (C=O) groups excluding carboxylic acids is 2. The number of nitrogens with zero attached hydrogens (tertiary/aromatic N) is 2. The normalized spacial score (nSPS) is 12.3. The van der Waals surface area contributed by atoms with Gasteiger partial charge in [0.1, 0.15) is 18.3 Å². The molecule has 0 aromatic heterocycles. The van der Waals surface area contributed by atoms with Crippen LogP contribution in [0, 0.1) is 0 Å². The summed E-state index contributed by atoms with van der Waals surface area (Å²) in [6, 6.07) is 20.8. The van der Waals surface area contributed by atoms with E-state index in [0.717, 1.165) is 9.87 Å². The highest BCUT2D eigenvalue weighted by molar-refractivity contribution is 7.92. The molecule has 0 heterocycles. The molecule has 0 saturated carbocycles. The Kier molecular flexibility index (Phi) is 10.2. The fraction of sp³-hybridized carbons (Fsp3) is 0.333. The minimum absolute atomic E-state index is 0.0156. The van der Waals surface area contributed by atoms with Crippen LogP contribution in [0.2, 0.25) is 5.02 Å². The van der Waals surface area contributed by atoms with Gasteiger partial charge in [-0.25, -0.2) is 8.42 Å². The number of carbonyl (C=O) groups is 2. The van der Waals surface area contributed by atoms with Crippen LogP contribution >= 0.6 is 11.6 Å². The smallest absolute Gasteiger partial charge is 0.264 e. The van der Waals surface area contributed by atoms with Crippen molar-refractivity contribution in [3.8, 4) is 5.75 Å². The first kappa shape index (κ1) is 31.0. The number of nitrogens with one attached hydrogen (secondary N) is 1. The van der Waals surface area contributed by atoms with Crippen LogP contribution in [-0.2, 0) is 26.2 Å². The molecule has 3 rings (SSSR count). The van der Waals surface area contributed by atoms with Crippen LogP contribution < -0.4 is 14.4 Å². The van der Waals surface area contributed by atoms with Gasteiger partial charge in [-0.3, -0.25) is 13.9 Å². The average Bonchev–Trinajstić information content (AvgIpc) is 2.91. The molecule has 8 nitrogen and oxygen atoms in total. The Morgan fingerprint density at radius 1 is 0.975 bits per heavy atom. The monoisotopic (exact) mass is 585 g/mol. The largest absolute Gasteiger partial charge is 0.495 e. The molecule has 0 fully saturated rings. The molecule has 0 aliphatic carbocycles. The predicted octanol–water partition coefficient (Wildman–Crippen LogP) is 5.27. The highest BCUT2D eigenvalue weighted by Crippen LogP contribution is 2.32. The summed E-state index contributed by atoms with van der Waals surface area (Å²) in [4.78, 5) is 28.9. The fourth-order valence-corrected chi connectivity index (χ4v) is 5.89. The van der Waals surface area contributed by atoms with Gasteiger partial charge in [-0.2, -0.15) is 0 Å². The van der Waals surface area contributed by atoms with Gasteiger partial charge in [-0.1, -0.05) is 67.1 Å². The number of anilines is 1. The zero-order chi connectivity index (χ0) is 29.5. The van der Waals surface area contributed by atoms with E-state index in [1.54, 1.807) is 24.3 Å². The molecule has 0 aliphatic rings.